The molecule has 1 N–H and O–H groups in total. The second-order valence-corrected chi connectivity index (χ2v) is 9.87. The fourth-order valence-corrected chi connectivity index (χ4v) is 5.00. The third kappa shape index (κ3) is 8.39. The van der Waals surface area contributed by atoms with E-state index in [1.54, 1.807) is 12.1 Å². The van der Waals surface area contributed by atoms with Crippen molar-refractivity contribution in [2.75, 3.05) is 0 Å². The molecule has 5 rings (SSSR count). The number of rotatable bonds is 5. The quantitative estimate of drug-likeness (QED) is 0.287. The molecule has 0 amide bonds. The largest absolute Gasteiger partial charge is 0.508 e. The zero-order chi connectivity index (χ0) is 23.9. The van der Waals surface area contributed by atoms with Crippen molar-refractivity contribution in [1.82, 2.24) is 0 Å². The van der Waals surface area contributed by atoms with Gasteiger partial charge in [-0.15, -0.1) is 24.0 Å². The molecule has 1 radical (unpaired) electrons. The van der Waals surface area contributed by atoms with E-state index in [1.165, 1.54) is 41.7 Å². The molecule has 3 nitrogen and oxygen atoms in total. The van der Waals surface area contributed by atoms with Crippen LogP contribution in [-0.4, -0.2) is 16.9 Å². The molecule has 0 aromatic heterocycles. The Morgan fingerprint density at radius 1 is 0.833 bits per heavy atom. The first-order chi connectivity index (χ1) is 16.5. The minimum Gasteiger partial charge on any atom is -0.508 e. The Morgan fingerprint density at radius 3 is 2.06 bits per heavy atom. The average Bonchev–Trinajstić information content (AvgIpc) is 3.45. The molecule has 0 bridgehead atoms. The molecule has 1 heterocycles. The van der Waals surface area contributed by atoms with Crippen molar-refractivity contribution in [3.05, 3.63) is 95.6 Å². The number of benzene rings is 3. The molecular weight excluding hydrogens is 596 g/mol. The average molecular weight is 634 g/mol. The van der Waals surface area contributed by atoms with Crippen LogP contribution in [0.3, 0.4) is 0 Å². The maximum atomic E-state index is 9.22. The summed E-state index contributed by atoms with van der Waals surface area (Å²) in [5, 5.41) is 9.22. The van der Waals surface area contributed by atoms with Crippen LogP contribution < -0.4 is 4.74 Å². The maximum Gasteiger partial charge on any atom is 0.119 e. The van der Waals surface area contributed by atoms with Crippen LogP contribution in [0.15, 0.2) is 83.9 Å². The molecule has 36 heavy (non-hydrogen) atoms. The Hall–Kier alpha value is -1.76. The van der Waals surface area contributed by atoms with Crippen molar-refractivity contribution < 1.29 is 28.4 Å². The van der Waals surface area contributed by atoms with Crippen LogP contribution in [0.1, 0.15) is 69.1 Å². The summed E-state index contributed by atoms with van der Waals surface area (Å²) in [4.78, 5) is 4.66. The number of hydrogen-bond acceptors (Lipinski definition) is 3. The predicted molar refractivity (Wildman–Crippen MR) is 156 cm³/mol. The number of nitrogens with zero attached hydrogens (tertiary/aromatic N) is 1. The third-order valence-electron chi connectivity index (χ3n) is 7.40. The molecule has 0 saturated heterocycles. The monoisotopic (exact) mass is 634 g/mol. The zero-order valence-corrected chi connectivity index (χ0v) is 25.2. The number of halogens is 1. The molecule has 191 valence electrons. The molecule has 0 spiro atoms. The van der Waals surface area contributed by atoms with Gasteiger partial charge in [0.05, 0.1) is 0 Å². The topological polar surface area (TPSA) is 41.8 Å². The second kappa shape index (κ2) is 14.9. The molecule has 1 fully saturated rings. The zero-order valence-electron chi connectivity index (χ0n) is 21.5. The molecule has 1 unspecified atom stereocenters. The van der Waals surface area contributed by atoms with Gasteiger partial charge in [0.2, 0.25) is 0 Å². The number of phenolic OH excluding ortho intramolecular Hbond substituents is 1. The number of phenols is 1. The van der Waals surface area contributed by atoms with Gasteiger partial charge in [-0.05, 0) is 103 Å². The van der Waals surface area contributed by atoms with Gasteiger partial charge in [0.15, 0.2) is 0 Å². The summed E-state index contributed by atoms with van der Waals surface area (Å²) in [5.41, 5.74) is 5.03. The minimum absolute atomic E-state index is 0. The summed E-state index contributed by atoms with van der Waals surface area (Å²) in [5.74, 6) is 3.59. The molecule has 3 aromatic carbocycles. The Morgan fingerprint density at radius 2 is 1.50 bits per heavy atom. The van der Waals surface area contributed by atoms with Crippen molar-refractivity contribution in [3.63, 3.8) is 0 Å². The molecular formula is C31H38INO2V. The van der Waals surface area contributed by atoms with Crippen LogP contribution in [0.25, 0.3) is 0 Å². The summed E-state index contributed by atoms with van der Waals surface area (Å²) in [7, 11) is 0. The predicted octanol–water partition coefficient (Wildman–Crippen LogP) is 8.39. The van der Waals surface area contributed by atoms with Gasteiger partial charge < -0.3 is 9.84 Å². The van der Waals surface area contributed by atoms with Gasteiger partial charge in [-0.25, -0.2) is 0 Å². The summed E-state index contributed by atoms with van der Waals surface area (Å²) in [6, 6.07) is 26.7. The normalized spacial score (nSPS) is 22.4. The maximum absolute atomic E-state index is 9.22. The van der Waals surface area contributed by atoms with E-state index in [0.29, 0.717) is 24.3 Å². The summed E-state index contributed by atoms with van der Waals surface area (Å²) in [6.45, 7) is 7.46. The van der Waals surface area contributed by atoms with Gasteiger partial charge in [-0.2, -0.15) is 0 Å². The van der Waals surface area contributed by atoms with Gasteiger partial charge >= 0.3 is 0 Å². The van der Waals surface area contributed by atoms with E-state index >= 15 is 0 Å². The first-order valence-corrected chi connectivity index (χ1v) is 12.6. The molecule has 5 heteroatoms. The van der Waals surface area contributed by atoms with Crippen LogP contribution in [0.4, 0.5) is 0 Å². The molecule has 4 atom stereocenters. The smallest absolute Gasteiger partial charge is 0.119 e. The molecule has 1 aliphatic carbocycles. The molecule has 3 aromatic rings. The van der Waals surface area contributed by atoms with Gasteiger partial charge in [0, 0.05) is 30.3 Å². The van der Waals surface area contributed by atoms with Crippen molar-refractivity contribution >= 4 is 29.7 Å². The van der Waals surface area contributed by atoms with Gasteiger partial charge in [0.1, 0.15) is 18.1 Å². The van der Waals surface area contributed by atoms with Gasteiger partial charge in [-0.3, -0.25) is 4.99 Å². The Bertz CT molecular complexity index is 1070. The van der Waals surface area contributed by atoms with Crippen LogP contribution in [0, 0.1) is 11.8 Å². The van der Waals surface area contributed by atoms with E-state index in [-0.39, 0.29) is 42.5 Å². The number of hydrogen-bond donors (Lipinski definition) is 1. The second-order valence-electron chi connectivity index (χ2n) is 9.87. The fourth-order valence-electron chi connectivity index (χ4n) is 5.00. The third-order valence-corrected chi connectivity index (χ3v) is 7.40. The number of aromatic hydroxyl groups is 1. The summed E-state index contributed by atoms with van der Waals surface area (Å²) < 4.78 is 5.79. The SMILES string of the molecule is CC1[C@H](C)CC[C@@H]1c1ccc(O)cc1.C[C@@H]1CCC(c2ccc(OCc3ccccc3)cc2)=N1.I.[V]. The first-order valence-electron chi connectivity index (χ1n) is 12.6. The van der Waals surface area contributed by atoms with E-state index in [4.69, 9.17) is 4.74 Å². The van der Waals surface area contributed by atoms with Crippen molar-refractivity contribution in [2.45, 2.75) is 65.0 Å². The minimum atomic E-state index is 0. The van der Waals surface area contributed by atoms with Gasteiger partial charge in [0.25, 0.3) is 0 Å². The van der Waals surface area contributed by atoms with E-state index in [1.807, 2.05) is 30.3 Å². The van der Waals surface area contributed by atoms with E-state index < -0.39 is 0 Å². The first kappa shape index (κ1) is 30.5. The Kier molecular flexibility index (Phi) is 12.6. The van der Waals surface area contributed by atoms with E-state index in [0.717, 1.165) is 24.0 Å². The Balaban J connectivity index is 0.000000254. The van der Waals surface area contributed by atoms with Crippen LogP contribution in [0.5, 0.6) is 11.5 Å². The van der Waals surface area contributed by atoms with Crippen LogP contribution in [-0.2, 0) is 25.2 Å². The van der Waals surface area contributed by atoms with Crippen molar-refractivity contribution in [3.8, 4) is 11.5 Å². The van der Waals surface area contributed by atoms with Crippen molar-refractivity contribution in [1.29, 1.82) is 0 Å². The van der Waals surface area contributed by atoms with Crippen LogP contribution >= 0.6 is 24.0 Å². The summed E-state index contributed by atoms with van der Waals surface area (Å²) in [6.07, 6.45) is 4.90. The standard InChI is InChI=1S/C18H19NO.C13H18O.HI.V/c1-14-7-12-18(19-14)16-8-10-17(11-9-16)20-13-15-5-3-2-4-6-15;1-9-3-8-13(10(9)2)11-4-6-12(14)7-5-11;;/h2-6,8-11,14H,7,12-13H2,1H3;4-7,9-10,13-14H,3,8H2,1-2H3;1H;/t14-;9-,10?,13+;;/m11../s1. The molecule has 1 saturated carbocycles. The van der Waals surface area contributed by atoms with Gasteiger partial charge in [-0.1, -0.05) is 56.3 Å². The summed E-state index contributed by atoms with van der Waals surface area (Å²) >= 11 is 0. The van der Waals surface area contributed by atoms with Crippen LogP contribution in [0.2, 0.25) is 0 Å². The number of aliphatic imine (C=N–C) groups is 1. The molecule has 2 aliphatic rings. The van der Waals surface area contributed by atoms with E-state index in [2.05, 4.69) is 62.2 Å². The fraction of sp³-hybridized carbons (Fsp3) is 0.387. The molecule has 1 aliphatic heterocycles. The van der Waals surface area contributed by atoms with E-state index in [9.17, 15) is 5.11 Å². The number of ether oxygens (including phenoxy) is 1. The van der Waals surface area contributed by atoms with Crippen molar-refractivity contribution in [2.24, 2.45) is 16.8 Å². The Labute approximate surface area is 245 Å².